The number of ether oxygens (including phenoxy) is 1. The van der Waals surface area contributed by atoms with Gasteiger partial charge in [-0.05, 0) is 47.5 Å². The van der Waals surface area contributed by atoms with Crippen molar-refractivity contribution in [2.45, 2.75) is 12.0 Å². The zero-order valence-electron chi connectivity index (χ0n) is 21.7. The SMILES string of the molecule is COc1ccc(C(O)(c2ccc3nc(Cl)c(Cc4ccc(-n5cccn5)cc4)c(Cl)c3c2)c2cncn2C)cn1. The molecule has 1 N–H and O–H groups in total. The summed E-state index contributed by atoms with van der Waals surface area (Å²) in [6, 6.07) is 18.9. The molecule has 0 saturated carbocycles. The third-order valence-electron chi connectivity index (χ3n) is 7.02. The largest absolute Gasteiger partial charge is 0.481 e. The molecule has 0 bridgehead atoms. The molecule has 8 nitrogen and oxygen atoms in total. The maximum atomic E-state index is 12.3. The van der Waals surface area contributed by atoms with Crippen LogP contribution in [0.1, 0.15) is 27.9 Å². The normalized spacial score (nSPS) is 12.9. The monoisotopic (exact) mass is 570 g/mol. The Labute approximate surface area is 240 Å². The Bertz CT molecular complexity index is 1800. The van der Waals surface area contributed by atoms with E-state index in [9.17, 15) is 5.11 Å². The summed E-state index contributed by atoms with van der Waals surface area (Å²) in [5.41, 5.74) is 3.41. The van der Waals surface area contributed by atoms with Crippen LogP contribution in [0, 0.1) is 0 Å². The minimum Gasteiger partial charge on any atom is -0.481 e. The predicted molar refractivity (Wildman–Crippen MR) is 154 cm³/mol. The van der Waals surface area contributed by atoms with Crippen molar-refractivity contribution in [1.82, 2.24) is 29.3 Å². The second-order valence-electron chi connectivity index (χ2n) is 9.41. The van der Waals surface area contributed by atoms with E-state index in [1.54, 1.807) is 53.4 Å². The van der Waals surface area contributed by atoms with Crippen LogP contribution in [-0.2, 0) is 19.1 Å². The van der Waals surface area contributed by atoms with Crippen molar-refractivity contribution in [2.24, 2.45) is 7.05 Å². The Morgan fingerprint density at radius 1 is 1.00 bits per heavy atom. The van der Waals surface area contributed by atoms with Crippen LogP contribution in [0.5, 0.6) is 5.88 Å². The summed E-state index contributed by atoms with van der Waals surface area (Å²) in [5.74, 6) is 0.443. The van der Waals surface area contributed by atoms with E-state index in [0.29, 0.717) is 55.8 Å². The van der Waals surface area contributed by atoms with Gasteiger partial charge in [0.15, 0.2) is 5.60 Å². The number of aryl methyl sites for hydroxylation is 1. The van der Waals surface area contributed by atoms with E-state index in [-0.39, 0.29) is 0 Å². The zero-order chi connectivity index (χ0) is 27.9. The van der Waals surface area contributed by atoms with E-state index < -0.39 is 5.60 Å². The molecule has 0 aliphatic rings. The number of hydrogen-bond donors (Lipinski definition) is 1. The lowest BCUT2D eigenvalue weighted by Crippen LogP contribution is -2.31. The summed E-state index contributed by atoms with van der Waals surface area (Å²) < 4.78 is 8.79. The van der Waals surface area contributed by atoms with E-state index in [2.05, 4.69) is 20.1 Å². The van der Waals surface area contributed by atoms with Crippen LogP contribution in [0.4, 0.5) is 0 Å². The average molecular weight is 571 g/mol. The standard InChI is InChI=1S/C30H24Cl2N6O2/c1-37-18-33-17-26(37)30(39,21-7-11-27(40-2)34-16-21)20-6-10-25-23(15-20)28(31)24(29(32)36-25)14-19-4-8-22(9-5-19)38-13-3-12-35-38/h3-13,15-18,39H,14H2,1-2H3. The summed E-state index contributed by atoms with van der Waals surface area (Å²) in [7, 11) is 3.37. The van der Waals surface area contributed by atoms with Crippen LogP contribution in [0.15, 0.2) is 91.8 Å². The highest BCUT2D eigenvalue weighted by atomic mass is 35.5. The Kier molecular flexibility index (Phi) is 6.75. The number of pyridine rings is 2. The Morgan fingerprint density at radius 2 is 1.80 bits per heavy atom. The van der Waals surface area contributed by atoms with Crippen LogP contribution in [0.2, 0.25) is 10.2 Å². The minimum atomic E-state index is -1.58. The first-order valence-electron chi connectivity index (χ1n) is 12.4. The molecular weight excluding hydrogens is 547 g/mol. The van der Waals surface area contributed by atoms with Gasteiger partial charge in [-0.15, -0.1) is 0 Å². The van der Waals surface area contributed by atoms with Gasteiger partial charge in [0.2, 0.25) is 5.88 Å². The number of fused-ring (bicyclic) bond motifs is 1. The summed E-state index contributed by atoms with van der Waals surface area (Å²) in [6.07, 6.45) is 8.98. The molecule has 10 heteroatoms. The van der Waals surface area contributed by atoms with Crippen molar-refractivity contribution in [2.75, 3.05) is 7.11 Å². The van der Waals surface area contributed by atoms with Gasteiger partial charge in [-0.1, -0.05) is 41.4 Å². The maximum Gasteiger partial charge on any atom is 0.212 e. The smallest absolute Gasteiger partial charge is 0.212 e. The molecule has 0 aliphatic heterocycles. The number of methoxy groups -OCH3 is 1. The lowest BCUT2D eigenvalue weighted by atomic mass is 9.83. The van der Waals surface area contributed by atoms with Gasteiger partial charge in [-0.3, -0.25) is 0 Å². The first-order chi connectivity index (χ1) is 19.4. The van der Waals surface area contributed by atoms with Crippen LogP contribution in [0.25, 0.3) is 16.6 Å². The Morgan fingerprint density at radius 3 is 2.45 bits per heavy atom. The van der Waals surface area contributed by atoms with Gasteiger partial charge in [0.25, 0.3) is 0 Å². The van der Waals surface area contributed by atoms with Crippen molar-refractivity contribution in [3.8, 4) is 11.6 Å². The quantitative estimate of drug-likeness (QED) is 0.246. The van der Waals surface area contributed by atoms with Gasteiger partial charge in [-0.2, -0.15) is 5.10 Å². The molecule has 0 spiro atoms. The van der Waals surface area contributed by atoms with Crippen molar-refractivity contribution >= 4 is 34.1 Å². The number of imidazole rings is 1. The summed E-state index contributed by atoms with van der Waals surface area (Å²) in [6.45, 7) is 0. The lowest BCUT2D eigenvalue weighted by molar-refractivity contribution is 0.117. The van der Waals surface area contributed by atoms with Crippen LogP contribution in [-0.4, -0.2) is 41.5 Å². The highest BCUT2D eigenvalue weighted by Crippen LogP contribution is 2.40. The van der Waals surface area contributed by atoms with Gasteiger partial charge in [0, 0.05) is 54.6 Å². The average Bonchev–Trinajstić information content (AvgIpc) is 3.68. The maximum absolute atomic E-state index is 12.3. The molecule has 4 heterocycles. The third-order valence-corrected chi connectivity index (χ3v) is 7.76. The van der Waals surface area contributed by atoms with Crippen molar-refractivity contribution in [3.05, 3.63) is 130 Å². The summed E-state index contributed by atoms with van der Waals surface area (Å²) >= 11 is 13.6. The molecule has 0 amide bonds. The molecule has 40 heavy (non-hydrogen) atoms. The molecule has 0 aliphatic carbocycles. The molecular formula is C30H24Cl2N6O2. The van der Waals surface area contributed by atoms with Crippen LogP contribution in [0.3, 0.4) is 0 Å². The molecule has 0 radical (unpaired) electrons. The van der Waals surface area contributed by atoms with E-state index in [1.165, 1.54) is 0 Å². The fourth-order valence-electron chi connectivity index (χ4n) is 4.89. The van der Waals surface area contributed by atoms with E-state index >= 15 is 0 Å². The molecule has 1 atom stereocenters. The molecule has 1 unspecified atom stereocenters. The van der Waals surface area contributed by atoms with E-state index in [1.807, 2.05) is 61.8 Å². The van der Waals surface area contributed by atoms with Gasteiger partial charge >= 0.3 is 0 Å². The lowest BCUT2D eigenvalue weighted by Gasteiger charge is -2.30. The van der Waals surface area contributed by atoms with E-state index in [0.717, 1.165) is 11.3 Å². The predicted octanol–water partition coefficient (Wildman–Crippen LogP) is 5.74. The fraction of sp³-hybridized carbons (Fsp3) is 0.133. The van der Waals surface area contributed by atoms with Crippen molar-refractivity contribution in [1.29, 1.82) is 0 Å². The van der Waals surface area contributed by atoms with Gasteiger partial charge in [0.05, 0.1) is 41.6 Å². The molecule has 0 saturated heterocycles. The molecule has 200 valence electrons. The number of nitrogens with zero attached hydrogens (tertiary/aromatic N) is 6. The fourth-order valence-corrected chi connectivity index (χ4v) is 5.50. The number of aliphatic hydroxyl groups is 1. The van der Waals surface area contributed by atoms with Gasteiger partial charge in [0.1, 0.15) is 5.15 Å². The van der Waals surface area contributed by atoms with Gasteiger partial charge < -0.3 is 14.4 Å². The molecule has 6 rings (SSSR count). The van der Waals surface area contributed by atoms with Crippen LogP contribution < -0.4 is 4.74 Å². The number of benzene rings is 2. The molecule has 0 fully saturated rings. The van der Waals surface area contributed by atoms with Gasteiger partial charge in [-0.25, -0.2) is 19.6 Å². The van der Waals surface area contributed by atoms with Crippen molar-refractivity contribution < 1.29 is 9.84 Å². The van der Waals surface area contributed by atoms with Crippen LogP contribution >= 0.6 is 23.2 Å². The number of rotatable bonds is 7. The summed E-state index contributed by atoms with van der Waals surface area (Å²) in [4.78, 5) is 13.2. The Balaban J connectivity index is 1.44. The number of aromatic nitrogens is 6. The summed E-state index contributed by atoms with van der Waals surface area (Å²) in [5, 5.41) is 18.1. The number of halogens is 2. The molecule has 2 aromatic carbocycles. The third kappa shape index (κ3) is 4.50. The first-order valence-corrected chi connectivity index (χ1v) is 13.2. The first kappa shape index (κ1) is 26.0. The highest BCUT2D eigenvalue weighted by molar-refractivity contribution is 6.39. The Hall–Kier alpha value is -4.24. The van der Waals surface area contributed by atoms with E-state index in [4.69, 9.17) is 27.9 Å². The second kappa shape index (κ2) is 10.4. The topological polar surface area (TPSA) is 90.9 Å². The molecule has 4 aromatic heterocycles. The second-order valence-corrected chi connectivity index (χ2v) is 10.1. The highest BCUT2D eigenvalue weighted by Gasteiger charge is 2.37. The zero-order valence-corrected chi connectivity index (χ0v) is 23.2. The molecule has 6 aromatic rings. The van der Waals surface area contributed by atoms with Crippen molar-refractivity contribution in [3.63, 3.8) is 0 Å². The minimum absolute atomic E-state index is 0.336. The number of hydrogen-bond acceptors (Lipinski definition) is 6.